The van der Waals surface area contributed by atoms with Gasteiger partial charge in [-0.1, -0.05) is 12.1 Å². The highest BCUT2D eigenvalue weighted by Crippen LogP contribution is 2.29. The highest BCUT2D eigenvalue weighted by Gasteiger charge is 2.22. The number of nitrogens with zero attached hydrogens (tertiary/aromatic N) is 7. The monoisotopic (exact) mass is 538 g/mol. The fraction of sp³-hybridized carbons (Fsp3) is 0.333. The summed E-state index contributed by atoms with van der Waals surface area (Å²) in [5.41, 5.74) is 1.57. The van der Waals surface area contributed by atoms with Crippen LogP contribution >= 0.6 is 0 Å². The Labute approximate surface area is 232 Å². The van der Waals surface area contributed by atoms with Crippen LogP contribution < -0.4 is 10.9 Å². The molecule has 5 heterocycles. The van der Waals surface area contributed by atoms with E-state index in [9.17, 15) is 9.90 Å². The number of hydrogen-bond donors (Lipinski definition) is 2. The molecule has 40 heavy (non-hydrogen) atoms. The molecule has 1 fully saturated rings. The number of pyridine rings is 1. The first-order chi connectivity index (χ1) is 19.2. The second-order valence-electron chi connectivity index (χ2n) is 11.0. The van der Waals surface area contributed by atoms with Crippen molar-refractivity contribution in [2.75, 3.05) is 25.5 Å². The van der Waals surface area contributed by atoms with Crippen molar-refractivity contribution in [1.29, 1.82) is 0 Å². The SMILES string of the molecule is C=CCn1c(=O)c2cnc(Nc3ccc4c(ccn4C4CCCN(C)C4)c3)nc2n1-c1cccc(C(C)(C)O)n1. The van der Waals surface area contributed by atoms with Crippen LogP contribution in [0.3, 0.4) is 0 Å². The van der Waals surface area contributed by atoms with Crippen molar-refractivity contribution in [3.8, 4) is 5.82 Å². The third-order valence-electron chi connectivity index (χ3n) is 7.53. The molecule has 10 heteroatoms. The molecular formula is C30H34N8O2. The Morgan fingerprint density at radius 3 is 2.83 bits per heavy atom. The third kappa shape index (κ3) is 4.69. The quantitative estimate of drug-likeness (QED) is 0.297. The van der Waals surface area contributed by atoms with Crippen LogP contribution in [0.5, 0.6) is 0 Å². The lowest BCUT2D eigenvalue weighted by molar-refractivity contribution is 0.0738. The molecule has 1 atom stereocenters. The fourth-order valence-corrected chi connectivity index (χ4v) is 5.55. The van der Waals surface area contributed by atoms with Crippen molar-refractivity contribution < 1.29 is 5.11 Å². The topological polar surface area (TPSA) is 106 Å². The van der Waals surface area contributed by atoms with E-state index in [-0.39, 0.29) is 12.1 Å². The smallest absolute Gasteiger partial charge is 0.278 e. The molecule has 2 N–H and O–H groups in total. The van der Waals surface area contributed by atoms with Crippen molar-refractivity contribution in [1.82, 2.24) is 33.8 Å². The normalized spacial score (nSPS) is 16.6. The zero-order valence-electron chi connectivity index (χ0n) is 23.1. The molecule has 5 aromatic rings. The molecule has 0 aliphatic carbocycles. The number of likely N-dealkylation sites (N-methyl/N-ethyl adjacent to an activating group) is 1. The van der Waals surface area contributed by atoms with Gasteiger partial charge in [0.1, 0.15) is 11.0 Å². The number of benzene rings is 1. The lowest BCUT2D eigenvalue weighted by Crippen LogP contribution is -2.33. The molecule has 0 radical (unpaired) electrons. The van der Waals surface area contributed by atoms with E-state index in [4.69, 9.17) is 4.98 Å². The second kappa shape index (κ2) is 10.0. The number of allylic oxidation sites excluding steroid dienone is 1. The maximum atomic E-state index is 13.3. The summed E-state index contributed by atoms with van der Waals surface area (Å²) >= 11 is 0. The van der Waals surface area contributed by atoms with Crippen molar-refractivity contribution in [2.24, 2.45) is 0 Å². The second-order valence-corrected chi connectivity index (χ2v) is 11.0. The van der Waals surface area contributed by atoms with Crippen LogP contribution in [0.1, 0.15) is 38.4 Å². The number of rotatable bonds is 7. The molecule has 1 saturated heterocycles. The molecule has 1 aliphatic heterocycles. The van der Waals surface area contributed by atoms with Gasteiger partial charge in [-0.15, -0.1) is 6.58 Å². The van der Waals surface area contributed by atoms with Crippen LogP contribution in [0.4, 0.5) is 11.6 Å². The van der Waals surface area contributed by atoms with Crippen molar-refractivity contribution in [3.05, 3.63) is 83.6 Å². The highest BCUT2D eigenvalue weighted by atomic mass is 16.3. The van der Waals surface area contributed by atoms with Crippen LogP contribution in [-0.2, 0) is 12.1 Å². The Morgan fingerprint density at radius 1 is 1.20 bits per heavy atom. The van der Waals surface area contributed by atoms with Gasteiger partial charge in [0.25, 0.3) is 5.56 Å². The maximum absolute atomic E-state index is 13.3. The van der Waals surface area contributed by atoms with Gasteiger partial charge < -0.3 is 19.9 Å². The zero-order valence-corrected chi connectivity index (χ0v) is 23.1. The molecule has 10 nitrogen and oxygen atoms in total. The summed E-state index contributed by atoms with van der Waals surface area (Å²) in [4.78, 5) is 29.5. The van der Waals surface area contributed by atoms with E-state index >= 15 is 0 Å². The first-order valence-corrected chi connectivity index (χ1v) is 13.6. The Morgan fingerprint density at radius 2 is 2.05 bits per heavy atom. The molecule has 6 rings (SSSR count). The molecule has 4 aromatic heterocycles. The van der Waals surface area contributed by atoms with Gasteiger partial charge in [0.2, 0.25) is 5.95 Å². The largest absolute Gasteiger partial charge is 0.384 e. The van der Waals surface area contributed by atoms with Gasteiger partial charge in [-0.2, -0.15) is 4.98 Å². The van der Waals surface area contributed by atoms with Gasteiger partial charge >= 0.3 is 0 Å². The average molecular weight is 539 g/mol. The zero-order chi connectivity index (χ0) is 28.0. The van der Waals surface area contributed by atoms with Crippen molar-refractivity contribution in [2.45, 2.75) is 44.9 Å². The predicted molar refractivity (Wildman–Crippen MR) is 157 cm³/mol. The summed E-state index contributed by atoms with van der Waals surface area (Å²) in [5.74, 6) is 0.831. The Kier molecular flexibility index (Phi) is 6.52. The molecular weight excluding hydrogens is 504 g/mol. The Bertz CT molecular complexity index is 1770. The lowest BCUT2D eigenvalue weighted by Gasteiger charge is -2.31. The predicted octanol–water partition coefficient (Wildman–Crippen LogP) is 4.36. The summed E-state index contributed by atoms with van der Waals surface area (Å²) in [6.07, 6.45) is 7.75. The molecule has 0 amide bonds. The van der Waals surface area contributed by atoms with E-state index in [1.54, 1.807) is 42.8 Å². The van der Waals surface area contributed by atoms with Gasteiger partial charge in [0, 0.05) is 41.6 Å². The van der Waals surface area contributed by atoms with Crippen LogP contribution in [0.15, 0.2) is 72.3 Å². The van der Waals surface area contributed by atoms with Crippen LogP contribution in [0, 0.1) is 0 Å². The number of aliphatic hydroxyl groups is 1. The van der Waals surface area contributed by atoms with Gasteiger partial charge in [0.15, 0.2) is 11.5 Å². The lowest BCUT2D eigenvalue weighted by atomic mass is 10.1. The van der Waals surface area contributed by atoms with Crippen molar-refractivity contribution in [3.63, 3.8) is 0 Å². The van der Waals surface area contributed by atoms with E-state index < -0.39 is 5.60 Å². The van der Waals surface area contributed by atoms with Gasteiger partial charge in [-0.3, -0.25) is 4.79 Å². The minimum atomic E-state index is -1.14. The number of aromatic nitrogens is 6. The van der Waals surface area contributed by atoms with E-state index in [0.717, 1.165) is 24.2 Å². The first kappa shape index (κ1) is 26.0. The maximum Gasteiger partial charge on any atom is 0.278 e. The summed E-state index contributed by atoms with van der Waals surface area (Å²) in [6, 6.07) is 14.2. The van der Waals surface area contributed by atoms with E-state index in [1.165, 1.54) is 29.2 Å². The van der Waals surface area contributed by atoms with Crippen LogP contribution in [0.2, 0.25) is 0 Å². The van der Waals surface area contributed by atoms with Gasteiger partial charge in [-0.05, 0) is 76.7 Å². The van der Waals surface area contributed by atoms with Crippen LogP contribution in [0.25, 0.3) is 27.8 Å². The molecule has 1 unspecified atom stereocenters. The van der Waals surface area contributed by atoms with E-state index in [1.807, 2.05) is 6.07 Å². The number of likely N-dealkylation sites (tertiary alicyclic amines) is 1. The summed E-state index contributed by atoms with van der Waals surface area (Å²) < 4.78 is 5.56. The Hall–Kier alpha value is -4.28. The molecule has 0 spiro atoms. The number of nitrogens with one attached hydrogen (secondary N) is 1. The van der Waals surface area contributed by atoms with E-state index in [2.05, 4.69) is 62.8 Å². The van der Waals surface area contributed by atoms with Crippen molar-refractivity contribution >= 4 is 33.6 Å². The standard InChI is InChI=1S/C30H34N8O2/c1-5-14-37-28(39)23-18-31-29(34-27(23)38(37)26-10-6-9-25(33-26)30(2,3)40)32-21-11-12-24-20(17-21)13-16-36(24)22-8-7-15-35(4)19-22/h5-6,9-13,16-18,22,40H,1,7-8,14-15,19H2,2-4H3,(H,31,32,34). The summed E-state index contributed by atoms with van der Waals surface area (Å²) in [5, 5.41) is 15.3. The minimum absolute atomic E-state index is 0.243. The van der Waals surface area contributed by atoms with Gasteiger partial charge in [0.05, 0.1) is 12.2 Å². The number of hydrogen-bond acceptors (Lipinski definition) is 7. The third-order valence-corrected chi connectivity index (χ3v) is 7.53. The van der Waals surface area contributed by atoms with Gasteiger partial charge in [-0.25, -0.2) is 19.3 Å². The molecule has 1 aromatic carbocycles. The molecule has 1 aliphatic rings. The first-order valence-electron chi connectivity index (χ1n) is 13.6. The fourth-order valence-electron chi connectivity index (χ4n) is 5.55. The minimum Gasteiger partial charge on any atom is -0.384 e. The van der Waals surface area contributed by atoms with E-state index in [0.29, 0.717) is 34.5 Å². The molecule has 206 valence electrons. The highest BCUT2D eigenvalue weighted by molar-refractivity contribution is 5.85. The van der Waals surface area contributed by atoms with Crippen LogP contribution in [-0.4, -0.2) is 59.0 Å². The molecule has 0 bridgehead atoms. The number of anilines is 2. The average Bonchev–Trinajstić information content (AvgIpc) is 3.47. The summed E-state index contributed by atoms with van der Waals surface area (Å²) in [7, 11) is 2.18. The summed E-state index contributed by atoms with van der Waals surface area (Å²) in [6.45, 7) is 9.62. The number of fused-ring (bicyclic) bond motifs is 2. The number of piperidine rings is 1. The molecule has 0 saturated carbocycles. The Balaban J connectivity index is 1.38.